The maximum absolute atomic E-state index is 6.47. The molecule has 114 valence electrons. The number of halogens is 1. The van der Waals surface area contributed by atoms with Crippen molar-refractivity contribution in [2.24, 2.45) is 5.73 Å². The van der Waals surface area contributed by atoms with Crippen molar-refractivity contribution in [3.8, 4) is 5.75 Å². The lowest BCUT2D eigenvalue weighted by Gasteiger charge is -2.37. The Balaban J connectivity index is 2.98. The van der Waals surface area contributed by atoms with Crippen molar-refractivity contribution in [1.29, 1.82) is 0 Å². The molecule has 0 aromatic heterocycles. The zero-order valence-electron chi connectivity index (χ0n) is 12.9. The van der Waals surface area contributed by atoms with Crippen LogP contribution in [0.1, 0.15) is 39.2 Å². The Kier molecular flexibility index (Phi) is 7.00. The Morgan fingerprint density at radius 3 is 2.40 bits per heavy atom. The molecule has 4 heteroatoms. The second kappa shape index (κ2) is 8.01. The highest BCUT2D eigenvalue weighted by molar-refractivity contribution is 9.10. The van der Waals surface area contributed by atoms with E-state index in [4.69, 9.17) is 15.2 Å². The summed E-state index contributed by atoms with van der Waals surface area (Å²) in [5, 5.41) is 0. The van der Waals surface area contributed by atoms with Crippen molar-refractivity contribution >= 4 is 15.9 Å². The van der Waals surface area contributed by atoms with Gasteiger partial charge in [0.25, 0.3) is 0 Å². The highest BCUT2D eigenvalue weighted by Gasteiger charge is 2.34. The van der Waals surface area contributed by atoms with Crippen LogP contribution in [0.25, 0.3) is 0 Å². The third-order valence-electron chi connectivity index (χ3n) is 3.99. The van der Waals surface area contributed by atoms with E-state index in [0.717, 1.165) is 35.0 Å². The predicted molar refractivity (Wildman–Crippen MR) is 87.3 cm³/mol. The summed E-state index contributed by atoms with van der Waals surface area (Å²) in [6.45, 7) is 6.98. The first-order valence-electron chi connectivity index (χ1n) is 7.24. The number of hydrogen-bond donors (Lipinski definition) is 1. The van der Waals surface area contributed by atoms with E-state index in [0.29, 0.717) is 6.61 Å². The van der Waals surface area contributed by atoms with Crippen LogP contribution in [0.2, 0.25) is 0 Å². The molecule has 1 aromatic rings. The summed E-state index contributed by atoms with van der Waals surface area (Å²) in [5.41, 5.74) is 7.32. The summed E-state index contributed by atoms with van der Waals surface area (Å²) in [6.07, 6.45) is 2.56. The van der Waals surface area contributed by atoms with Crippen LogP contribution in [0.4, 0.5) is 0 Å². The molecule has 0 amide bonds. The fraction of sp³-hybridized carbons (Fsp3) is 0.625. The predicted octanol–water partition coefficient (Wildman–Crippen LogP) is 3.92. The standard InChI is InChI=1S/C16H26BrNO2/c1-5-16(6-2,20-7-3)15(18)11-12-10-13(17)8-9-14(12)19-4/h8-10,15H,5-7,11,18H2,1-4H3. The second-order valence-electron chi connectivity index (χ2n) is 4.97. The van der Waals surface area contributed by atoms with E-state index in [1.165, 1.54) is 0 Å². The third-order valence-corrected chi connectivity index (χ3v) is 4.48. The Bertz CT molecular complexity index is 419. The number of ether oxygens (including phenoxy) is 2. The fourth-order valence-electron chi connectivity index (χ4n) is 2.70. The molecule has 20 heavy (non-hydrogen) atoms. The quantitative estimate of drug-likeness (QED) is 0.777. The summed E-state index contributed by atoms with van der Waals surface area (Å²) >= 11 is 3.50. The molecule has 1 atom stereocenters. The normalized spacial score (nSPS) is 13.3. The van der Waals surface area contributed by atoms with E-state index in [9.17, 15) is 0 Å². The maximum atomic E-state index is 6.47. The number of rotatable bonds is 8. The molecule has 0 saturated carbocycles. The van der Waals surface area contributed by atoms with E-state index in [1.54, 1.807) is 7.11 Å². The van der Waals surface area contributed by atoms with Gasteiger partial charge in [0.15, 0.2) is 0 Å². The number of methoxy groups -OCH3 is 1. The molecule has 0 aliphatic carbocycles. The summed E-state index contributed by atoms with van der Waals surface area (Å²) in [4.78, 5) is 0. The Hall–Kier alpha value is -0.580. The van der Waals surface area contributed by atoms with Crippen molar-refractivity contribution in [3.63, 3.8) is 0 Å². The topological polar surface area (TPSA) is 44.5 Å². The van der Waals surface area contributed by atoms with E-state index in [-0.39, 0.29) is 11.6 Å². The molecule has 0 aliphatic rings. The minimum absolute atomic E-state index is 0.0550. The van der Waals surface area contributed by atoms with Crippen molar-refractivity contribution in [2.75, 3.05) is 13.7 Å². The maximum Gasteiger partial charge on any atom is 0.122 e. The fourth-order valence-corrected chi connectivity index (χ4v) is 3.11. The van der Waals surface area contributed by atoms with Gasteiger partial charge < -0.3 is 15.2 Å². The van der Waals surface area contributed by atoms with Gasteiger partial charge in [-0.2, -0.15) is 0 Å². The van der Waals surface area contributed by atoms with Gasteiger partial charge in [-0.15, -0.1) is 0 Å². The SMILES string of the molecule is CCOC(CC)(CC)C(N)Cc1cc(Br)ccc1OC. The second-order valence-corrected chi connectivity index (χ2v) is 5.89. The van der Waals surface area contributed by atoms with E-state index in [1.807, 2.05) is 19.1 Å². The van der Waals surface area contributed by atoms with E-state index < -0.39 is 0 Å². The first-order valence-corrected chi connectivity index (χ1v) is 8.04. The van der Waals surface area contributed by atoms with Crippen LogP contribution in [-0.2, 0) is 11.2 Å². The molecule has 0 fully saturated rings. The highest BCUT2D eigenvalue weighted by Crippen LogP contribution is 2.30. The van der Waals surface area contributed by atoms with Gasteiger partial charge in [0, 0.05) is 17.1 Å². The number of benzene rings is 1. The number of nitrogens with two attached hydrogens (primary N) is 1. The lowest BCUT2D eigenvalue weighted by atomic mass is 9.85. The largest absolute Gasteiger partial charge is 0.496 e. The first kappa shape index (κ1) is 17.5. The molecule has 2 N–H and O–H groups in total. The molecule has 0 aliphatic heterocycles. The summed E-state index contributed by atoms with van der Waals surface area (Å²) in [6, 6.07) is 5.96. The van der Waals surface area contributed by atoms with Gasteiger partial charge in [-0.1, -0.05) is 29.8 Å². The summed E-state index contributed by atoms with van der Waals surface area (Å²) < 4.78 is 12.4. The molecule has 0 bridgehead atoms. The van der Waals surface area contributed by atoms with Crippen LogP contribution >= 0.6 is 15.9 Å². The Labute approximate surface area is 131 Å². The van der Waals surface area contributed by atoms with E-state index in [2.05, 4.69) is 35.8 Å². The Morgan fingerprint density at radius 1 is 1.25 bits per heavy atom. The van der Waals surface area contributed by atoms with Crippen molar-refractivity contribution in [3.05, 3.63) is 28.2 Å². The minimum atomic E-state index is -0.262. The molecule has 1 aromatic carbocycles. The first-order chi connectivity index (χ1) is 9.52. The molecule has 3 nitrogen and oxygen atoms in total. The molecular weight excluding hydrogens is 318 g/mol. The van der Waals surface area contributed by atoms with Gasteiger partial charge >= 0.3 is 0 Å². The van der Waals surface area contributed by atoms with Gasteiger partial charge in [-0.25, -0.2) is 0 Å². The molecule has 0 heterocycles. The zero-order chi connectivity index (χ0) is 15.2. The lowest BCUT2D eigenvalue weighted by Crippen LogP contribution is -2.50. The average Bonchev–Trinajstić information content (AvgIpc) is 2.45. The molecule has 1 unspecified atom stereocenters. The van der Waals surface area contributed by atoms with Crippen LogP contribution in [0, 0.1) is 0 Å². The monoisotopic (exact) mass is 343 g/mol. The summed E-state index contributed by atoms with van der Waals surface area (Å²) in [7, 11) is 1.69. The van der Waals surface area contributed by atoms with Gasteiger partial charge in [-0.3, -0.25) is 0 Å². The molecule has 0 spiro atoms. The van der Waals surface area contributed by atoms with Crippen LogP contribution < -0.4 is 10.5 Å². The van der Waals surface area contributed by atoms with Crippen molar-refractivity contribution in [2.45, 2.75) is 51.7 Å². The van der Waals surface area contributed by atoms with Gasteiger partial charge in [0.05, 0.1) is 12.7 Å². The van der Waals surface area contributed by atoms with Gasteiger partial charge in [0.1, 0.15) is 5.75 Å². The Morgan fingerprint density at radius 2 is 1.90 bits per heavy atom. The van der Waals surface area contributed by atoms with E-state index >= 15 is 0 Å². The molecular formula is C16H26BrNO2. The lowest BCUT2D eigenvalue weighted by molar-refractivity contribution is -0.0634. The highest BCUT2D eigenvalue weighted by atomic mass is 79.9. The van der Waals surface area contributed by atoms with Gasteiger partial charge in [-0.05, 0) is 49.9 Å². The summed E-state index contributed by atoms with van der Waals surface area (Å²) in [5.74, 6) is 0.876. The van der Waals surface area contributed by atoms with Crippen LogP contribution in [0.5, 0.6) is 5.75 Å². The van der Waals surface area contributed by atoms with Crippen molar-refractivity contribution < 1.29 is 9.47 Å². The smallest absolute Gasteiger partial charge is 0.122 e. The van der Waals surface area contributed by atoms with Crippen LogP contribution in [0.3, 0.4) is 0 Å². The van der Waals surface area contributed by atoms with Gasteiger partial charge in [0.2, 0.25) is 0 Å². The molecule has 0 saturated heterocycles. The third kappa shape index (κ3) is 3.96. The average molecular weight is 344 g/mol. The molecule has 1 rings (SSSR count). The zero-order valence-corrected chi connectivity index (χ0v) is 14.5. The van der Waals surface area contributed by atoms with Crippen LogP contribution in [-0.4, -0.2) is 25.4 Å². The van der Waals surface area contributed by atoms with Crippen molar-refractivity contribution in [1.82, 2.24) is 0 Å². The molecule has 0 radical (unpaired) electrons. The minimum Gasteiger partial charge on any atom is -0.496 e. The number of hydrogen-bond acceptors (Lipinski definition) is 3. The van der Waals surface area contributed by atoms with Crippen LogP contribution in [0.15, 0.2) is 22.7 Å².